The summed E-state index contributed by atoms with van der Waals surface area (Å²) in [7, 11) is 0. The second-order valence-corrected chi connectivity index (χ2v) is 8.58. The molecule has 0 aromatic heterocycles. The highest BCUT2D eigenvalue weighted by atomic mass is 35.5. The van der Waals surface area contributed by atoms with E-state index in [9.17, 15) is 18.4 Å². The monoisotopic (exact) mass is 540 g/mol. The van der Waals surface area contributed by atoms with E-state index in [0.29, 0.717) is 24.2 Å². The van der Waals surface area contributed by atoms with E-state index in [1.54, 1.807) is 12.1 Å². The molecule has 3 aromatic rings. The van der Waals surface area contributed by atoms with Gasteiger partial charge in [-0.25, -0.2) is 8.78 Å². The number of carbonyl (C=O) groups excluding carboxylic acids is 2. The van der Waals surface area contributed by atoms with E-state index >= 15 is 0 Å². The summed E-state index contributed by atoms with van der Waals surface area (Å²) in [6.07, 6.45) is 0.975. The summed E-state index contributed by atoms with van der Waals surface area (Å²) in [4.78, 5) is 27.0. The number of halogens is 5. The summed E-state index contributed by atoms with van der Waals surface area (Å²) < 4.78 is 25.1. The summed E-state index contributed by atoms with van der Waals surface area (Å²) >= 11 is 11.0. The maximum absolute atomic E-state index is 13.0. The van der Waals surface area contributed by atoms with Gasteiger partial charge in [-0.1, -0.05) is 23.7 Å². The van der Waals surface area contributed by atoms with E-state index in [0.717, 1.165) is 31.1 Å². The van der Waals surface area contributed by atoms with E-state index in [-0.39, 0.29) is 29.9 Å². The van der Waals surface area contributed by atoms with Crippen LogP contribution in [0, 0.1) is 11.6 Å². The molecule has 1 saturated heterocycles. The Morgan fingerprint density at radius 3 is 1.71 bits per heavy atom. The van der Waals surface area contributed by atoms with Crippen LogP contribution in [0.2, 0.25) is 5.02 Å². The summed E-state index contributed by atoms with van der Waals surface area (Å²) in [5, 5.41) is 0.187. The lowest BCUT2D eigenvalue weighted by molar-refractivity contribution is 0.0638. The van der Waals surface area contributed by atoms with Crippen molar-refractivity contribution in [3.8, 4) is 0 Å². The van der Waals surface area contributed by atoms with Crippen molar-refractivity contribution >= 4 is 46.8 Å². The Balaban J connectivity index is 0.000000332. The molecule has 35 heavy (non-hydrogen) atoms. The van der Waals surface area contributed by atoms with Gasteiger partial charge in [-0.2, -0.15) is 0 Å². The normalized spacial score (nSPS) is 13.3. The molecule has 0 bridgehead atoms. The summed E-state index contributed by atoms with van der Waals surface area (Å²) in [6, 6.07) is 18.7. The molecule has 0 unspecified atom stereocenters. The standard InChI is InChI=1S/C19H20ClFN2O.C7H4ClFO.ClH/c20-17-5-1-15(2-6-17)9-10-22-11-13-23(14-12-22)19(24)16-3-7-18(21)8-4-16;8-7(10)5-1-3-6(9)4-2-5;/h1-8H,9-14H2;1-4H;1H. The van der Waals surface area contributed by atoms with Gasteiger partial charge in [0, 0.05) is 48.9 Å². The lowest BCUT2D eigenvalue weighted by Crippen LogP contribution is -2.49. The van der Waals surface area contributed by atoms with Crippen molar-refractivity contribution < 1.29 is 18.4 Å². The molecule has 1 heterocycles. The Labute approximate surface area is 219 Å². The SMILES string of the molecule is Cl.O=C(Cl)c1ccc(F)cc1.O=C(c1ccc(F)cc1)N1CCN(CCc2ccc(Cl)cc2)CC1. The highest BCUT2D eigenvalue weighted by Gasteiger charge is 2.21. The number of rotatable bonds is 5. The molecule has 4 nitrogen and oxygen atoms in total. The predicted octanol–water partition coefficient (Wildman–Crippen LogP) is 6.11. The van der Waals surface area contributed by atoms with Gasteiger partial charge < -0.3 is 4.90 Å². The first-order chi connectivity index (χ1) is 16.3. The lowest BCUT2D eigenvalue weighted by atomic mass is 10.1. The average Bonchev–Trinajstić information content (AvgIpc) is 2.85. The lowest BCUT2D eigenvalue weighted by Gasteiger charge is -2.34. The van der Waals surface area contributed by atoms with E-state index in [4.69, 9.17) is 23.2 Å². The molecule has 186 valence electrons. The fourth-order valence-electron chi connectivity index (χ4n) is 3.47. The molecular formula is C26H25Cl3F2N2O2. The van der Waals surface area contributed by atoms with Crippen molar-refractivity contribution in [1.29, 1.82) is 0 Å². The molecule has 0 radical (unpaired) electrons. The van der Waals surface area contributed by atoms with Gasteiger partial charge in [0.05, 0.1) is 0 Å². The Morgan fingerprint density at radius 1 is 0.743 bits per heavy atom. The third-order valence-electron chi connectivity index (χ3n) is 5.45. The third kappa shape index (κ3) is 9.22. The van der Waals surface area contributed by atoms with Gasteiger partial charge in [0.2, 0.25) is 0 Å². The first kappa shape index (κ1) is 28.7. The Kier molecular flexibility index (Phi) is 11.6. The van der Waals surface area contributed by atoms with Gasteiger partial charge in [-0.05, 0) is 84.2 Å². The van der Waals surface area contributed by atoms with Crippen LogP contribution in [0.4, 0.5) is 8.78 Å². The van der Waals surface area contributed by atoms with Gasteiger partial charge >= 0.3 is 0 Å². The maximum atomic E-state index is 13.0. The van der Waals surface area contributed by atoms with E-state index in [1.807, 2.05) is 17.0 Å². The average molecular weight is 542 g/mol. The summed E-state index contributed by atoms with van der Waals surface area (Å²) in [6.45, 7) is 4.11. The molecule has 3 aromatic carbocycles. The van der Waals surface area contributed by atoms with Crippen molar-refractivity contribution in [3.63, 3.8) is 0 Å². The van der Waals surface area contributed by atoms with Crippen molar-refractivity contribution in [2.24, 2.45) is 0 Å². The van der Waals surface area contributed by atoms with Crippen LogP contribution in [0.25, 0.3) is 0 Å². The van der Waals surface area contributed by atoms with Crippen molar-refractivity contribution in [3.05, 3.63) is 106 Å². The first-order valence-corrected chi connectivity index (χ1v) is 11.5. The minimum absolute atomic E-state index is 0. The van der Waals surface area contributed by atoms with Gasteiger partial charge in [0.15, 0.2) is 0 Å². The van der Waals surface area contributed by atoms with Gasteiger partial charge in [-0.3, -0.25) is 14.5 Å². The largest absolute Gasteiger partial charge is 0.336 e. The Hall–Kier alpha value is -2.51. The number of benzene rings is 3. The molecule has 1 fully saturated rings. The number of hydrogen-bond acceptors (Lipinski definition) is 3. The molecule has 0 atom stereocenters. The Bertz CT molecular complexity index is 1090. The summed E-state index contributed by atoms with van der Waals surface area (Å²) in [5.74, 6) is -0.715. The minimum atomic E-state index is -0.569. The van der Waals surface area contributed by atoms with E-state index in [1.165, 1.54) is 42.0 Å². The third-order valence-corrected chi connectivity index (χ3v) is 5.92. The molecule has 1 amide bonds. The van der Waals surface area contributed by atoms with Crippen LogP contribution < -0.4 is 0 Å². The zero-order valence-corrected chi connectivity index (χ0v) is 21.1. The van der Waals surface area contributed by atoms with Gasteiger partial charge in [0.1, 0.15) is 11.6 Å². The topological polar surface area (TPSA) is 40.6 Å². The van der Waals surface area contributed by atoms with E-state index < -0.39 is 5.24 Å². The zero-order chi connectivity index (χ0) is 24.5. The molecule has 9 heteroatoms. The fraction of sp³-hybridized carbons (Fsp3) is 0.231. The Morgan fingerprint density at radius 2 is 1.23 bits per heavy atom. The van der Waals surface area contributed by atoms with Crippen LogP contribution in [0.15, 0.2) is 72.8 Å². The van der Waals surface area contributed by atoms with Crippen LogP contribution in [-0.2, 0) is 6.42 Å². The molecule has 0 saturated carbocycles. The fourth-order valence-corrected chi connectivity index (χ4v) is 3.72. The van der Waals surface area contributed by atoms with Crippen LogP contribution >= 0.6 is 35.6 Å². The zero-order valence-electron chi connectivity index (χ0n) is 18.8. The number of amides is 1. The van der Waals surface area contributed by atoms with E-state index in [2.05, 4.69) is 17.0 Å². The predicted molar refractivity (Wildman–Crippen MR) is 138 cm³/mol. The molecule has 1 aliphatic heterocycles. The molecule has 1 aliphatic rings. The molecule has 0 spiro atoms. The second kappa shape index (κ2) is 14.1. The van der Waals surface area contributed by atoms with Crippen LogP contribution in [-0.4, -0.2) is 53.7 Å². The minimum Gasteiger partial charge on any atom is -0.336 e. The molecule has 4 rings (SSSR count). The number of piperazine rings is 1. The van der Waals surface area contributed by atoms with Crippen LogP contribution in [0.1, 0.15) is 26.3 Å². The van der Waals surface area contributed by atoms with Gasteiger partial charge in [-0.15, -0.1) is 12.4 Å². The van der Waals surface area contributed by atoms with Gasteiger partial charge in [0.25, 0.3) is 11.1 Å². The quantitative estimate of drug-likeness (QED) is 0.366. The highest BCUT2D eigenvalue weighted by molar-refractivity contribution is 6.67. The van der Waals surface area contributed by atoms with Crippen LogP contribution in [0.5, 0.6) is 0 Å². The maximum Gasteiger partial charge on any atom is 0.253 e. The molecule has 0 N–H and O–H groups in total. The summed E-state index contributed by atoms with van der Waals surface area (Å²) in [5.41, 5.74) is 2.12. The second-order valence-electron chi connectivity index (χ2n) is 7.80. The van der Waals surface area contributed by atoms with Crippen molar-refractivity contribution in [2.45, 2.75) is 6.42 Å². The first-order valence-electron chi connectivity index (χ1n) is 10.8. The molecular weight excluding hydrogens is 517 g/mol. The highest BCUT2D eigenvalue weighted by Crippen LogP contribution is 2.13. The number of hydrogen-bond donors (Lipinski definition) is 0. The number of carbonyl (C=O) groups is 2. The van der Waals surface area contributed by atoms with Crippen molar-refractivity contribution in [2.75, 3.05) is 32.7 Å². The molecule has 0 aliphatic carbocycles. The smallest absolute Gasteiger partial charge is 0.253 e. The van der Waals surface area contributed by atoms with Crippen molar-refractivity contribution in [1.82, 2.24) is 9.80 Å². The number of nitrogens with zero attached hydrogens (tertiary/aromatic N) is 2. The van der Waals surface area contributed by atoms with Crippen LogP contribution in [0.3, 0.4) is 0 Å².